The minimum atomic E-state index is -0.609. The molecule has 2 rings (SSSR count). The number of nitrogens with zero attached hydrogens (tertiary/aromatic N) is 3. The molecule has 1 amide bonds. The van der Waals surface area contributed by atoms with E-state index >= 15 is 0 Å². The lowest BCUT2D eigenvalue weighted by molar-refractivity contribution is -0.113. The van der Waals surface area contributed by atoms with Crippen molar-refractivity contribution in [1.29, 1.82) is 0 Å². The molecule has 0 radical (unpaired) electrons. The van der Waals surface area contributed by atoms with Gasteiger partial charge in [-0.3, -0.25) is 24.2 Å². The fourth-order valence-corrected chi connectivity index (χ4v) is 2.18. The summed E-state index contributed by atoms with van der Waals surface area (Å²) in [6, 6.07) is 1.15. The Labute approximate surface area is 128 Å². The van der Waals surface area contributed by atoms with E-state index in [4.69, 9.17) is 4.74 Å². The number of thioether (sulfide) groups is 1. The van der Waals surface area contributed by atoms with Crippen molar-refractivity contribution in [3.63, 3.8) is 0 Å². The van der Waals surface area contributed by atoms with Crippen molar-refractivity contribution < 1.29 is 9.53 Å². The largest absolute Gasteiger partial charge is 0.383 e. The highest BCUT2D eigenvalue weighted by molar-refractivity contribution is 7.99. The Balaban J connectivity index is 2.08. The van der Waals surface area contributed by atoms with Gasteiger partial charge < -0.3 is 10.1 Å². The normalized spacial score (nSPS) is 10.6. The van der Waals surface area contributed by atoms with E-state index in [2.05, 4.69) is 25.5 Å². The number of aromatic nitrogens is 5. The van der Waals surface area contributed by atoms with Crippen molar-refractivity contribution in [3.8, 4) is 0 Å². The summed E-state index contributed by atoms with van der Waals surface area (Å²) in [7, 11) is 1.49. The summed E-state index contributed by atoms with van der Waals surface area (Å²) in [5.74, 6) is -0.202. The second-order valence-corrected chi connectivity index (χ2v) is 5.06. The summed E-state index contributed by atoms with van der Waals surface area (Å²) < 4.78 is 6.12. The molecule has 0 saturated heterocycles. The van der Waals surface area contributed by atoms with Crippen molar-refractivity contribution in [2.75, 3.05) is 24.8 Å². The van der Waals surface area contributed by atoms with Gasteiger partial charge in [0.2, 0.25) is 5.91 Å². The lowest BCUT2D eigenvalue weighted by Gasteiger charge is -2.12. The smallest absolute Gasteiger partial charge is 0.329 e. The molecule has 2 aromatic heterocycles. The van der Waals surface area contributed by atoms with Crippen molar-refractivity contribution in [3.05, 3.63) is 33.2 Å². The monoisotopic (exact) mass is 326 g/mol. The molecule has 0 unspecified atom stereocenters. The molecule has 0 aliphatic heterocycles. The van der Waals surface area contributed by atoms with Gasteiger partial charge in [-0.05, 0) is 0 Å². The Morgan fingerprint density at radius 2 is 2.32 bits per heavy atom. The summed E-state index contributed by atoms with van der Waals surface area (Å²) in [6.07, 6.45) is 1.33. The molecule has 10 nitrogen and oxygen atoms in total. The molecule has 0 atom stereocenters. The van der Waals surface area contributed by atoms with Gasteiger partial charge in [-0.15, -0.1) is 0 Å². The van der Waals surface area contributed by atoms with Crippen molar-refractivity contribution in [1.82, 2.24) is 24.7 Å². The van der Waals surface area contributed by atoms with Crippen LogP contribution in [-0.4, -0.2) is 50.1 Å². The molecular formula is C11H14N6O4S. The van der Waals surface area contributed by atoms with Crippen LogP contribution in [0.3, 0.4) is 0 Å². The molecule has 0 saturated carbocycles. The van der Waals surface area contributed by atoms with Crippen molar-refractivity contribution in [2.45, 2.75) is 11.7 Å². The van der Waals surface area contributed by atoms with Gasteiger partial charge in [-0.25, -0.2) is 9.78 Å². The number of rotatable bonds is 7. The van der Waals surface area contributed by atoms with Crippen LogP contribution in [0, 0.1) is 0 Å². The van der Waals surface area contributed by atoms with Crippen LogP contribution in [0.25, 0.3) is 0 Å². The first-order chi connectivity index (χ1) is 10.6. The molecule has 2 aromatic rings. The molecule has 22 heavy (non-hydrogen) atoms. The van der Waals surface area contributed by atoms with E-state index in [1.165, 1.54) is 18.0 Å². The van der Waals surface area contributed by atoms with E-state index in [1.807, 2.05) is 0 Å². The summed E-state index contributed by atoms with van der Waals surface area (Å²) in [6.45, 7) is 0.471. The topological polar surface area (TPSA) is 135 Å². The molecule has 0 aliphatic carbocycles. The SMILES string of the molecule is COCCn1c(NC(=O)CSc2ncn[nH]2)cc(=O)[nH]c1=O. The maximum Gasteiger partial charge on any atom is 0.329 e. The van der Waals surface area contributed by atoms with Crippen LogP contribution in [0.4, 0.5) is 5.82 Å². The van der Waals surface area contributed by atoms with Gasteiger partial charge in [0, 0.05) is 13.2 Å². The number of carbonyl (C=O) groups is 1. The number of amides is 1. The lowest BCUT2D eigenvalue weighted by Crippen LogP contribution is -2.34. The van der Waals surface area contributed by atoms with Crippen molar-refractivity contribution in [2.24, 2.45) is 0 Å². The second-order valence-electron chi connectivity index (χ2n) is 4.10. The highest BCUT2D eigenvalue weighted by Crippen LogP contribution is 2.11. The highest BCUT2D eigenvalue weighted by Gasteiger charge is 2.10. The molecular weight excluding hydrogens is 312 g/mol. The van der Waals surface area contributed by atoms with Crippen LogP contribution in [0.15, 0.2) is 27.1 Å². The zero-order valence-corrected chi connectivity index (χ0v) is 12.5. The number of H-pyrrole nitrogens is 2. The Morgan fingerprint density at radius 1 is 1.50 bits per heavy atom. The lowest BCUT2D eigenvalue weighted by atomic mass is 10.5. The number of anilines is 1. The number of nitrogens with one attached hydrogen (secondary N) is 3. The summed E-state index contributed by atoms with van der Waals surface area (Å²) in [5.41, 5.74) is -1.19. The molecule has 3 N–H and O–H groups in total. The molecule has 2 heterocycles. The number of hydrogen-bond acceptors (Lipinski definition) is 7. The fourth-order valence-electron chi connectivity index (χ4n) is 1.61. The van der Waals surface area contributed by atoms with Crippen LogP contribution >= 0.6 is 11.8 Å². The van der Waals surface area contributed by atoms with Crippen molar-refractivity contribution >= 4 is 23.5 Å². The quantitative estimate of drug-likeness (QED) is 0.557. The summed E-state index contributed by atoms with van der Waals surface area (Å²) >= 11 is 1.15. The van der Waals surface area contributed by atoms with E-state index < -0.39 is 11.2 Å². The molecule has 0 aromatic carbocycles. The maximum absolute atomic E-state index is 11.9. The number of aromatic amines is 2. The number of ether oxygens (including phenoxy) is 1. The Bertz CT molecular complexity index is 738. The van der Waals surface area contributed by atoms with Crippen LogP contribution < -0.4 is 16.6 Å². The van der Waals surface area contributed by atoms with E-state index in [-0.39, 0.29) is 30.6 Å². The van der Waals surface area contributed by atoms with Gasteiger partial charge in [0.15, 0.2) is 5.16 Å². The molecule has 0 bridgehead atoms. The van der Waals surface area contributed by atoms with Gasteiger partial charge in [0.25, 0.3) is 5.56 Å². The molecule has 118 valence electrons. The number of carbonyl (C=O) groups excluding carboxylic acids is 1. The van der Waals surface area contributed by atoms with E-state index in [9.17, 15) is 14.4 Å². The van der Waals surface area contributed by atoms with Crippen LogP contribution in [0.2, 0.25) is 0 Å². The molecule has 0 aliphatic rings. The average molecular weight is 326 g/mol. The average Bonchev–Trinajstić information content (AvgIpc) is 2.97. The first-order valence-corrected chi connectivity index (χ1v) is 7.20. The zero-order valence-electron chi connectivity index (χ0n) is 11.7. The molecule has 11 heteroatoms. The predicted octanol–water partition coefficient (Wildman–Crippen LogP) is -0.968. The Kier molecular flexibility index (Phi) is 5.49. The summed E-state index contributed by atoms with van der Waals surface area (Å²) in [4.78, 5) is 41.1. The predicted molar refractivity (Wildman–Crippen MR) is 78.9 cm³/mol. The van der Waals surface area contributed by atoms with Crippen LogP contribution in [0.1, 0.15) is 0 Å². The number of methoxy groups -OCH3 is 1. The fraction of sp³-hybridized carbons (Fsp3) is 0.364. The third-order valence-electron chi connectivity index (χ3n) is 2.55. The third-order valence-corrected chi connectivity index (χ3v) is 3.43. The molecule has 0 spiro atoms. The molecule has 0 fully saturated rings. The standard InChI is InChI=1S/C11H14N6O4S/c1-21-3-2-17-7(4-8(18)15-11(17)20)14-9(19)5-22-10-12-6-13-16-10/h4,6H,2-3,5H2,1H3,(H,14,19)(H,12,13,16)(H,15,18,20). The minimum absolute atomic E-state index is 0.0560. The minimum Gasteiger partial charge on any atom is -0.383 e. The summed E-state index contributed by atoms with van der Waals surface area (Å²) in [5, 5.41) is 9.30. The van der Waals surface area contributed by atoms with Gasteiger partial charge in [-0.1, -0.05) is 11.8 Å². The Hall–Kier alpha value is -2.40. The van der Waals surface area contributed by atoms with E-state index in [0.717, 1.165) is 17.8 Å². The van der Waals surface area contributed by atoms with Crippen LogP contribution in [0.5, 0.6) is 0 Å². The van der Waals surface area contributed by atoms with Crippen LogP contribution in [-0.2, 0) is 16.1 Å². The number of hydrogen-bond donors (Lipinski definition) is 3. The van der Waals surface area contributed by atoms with Gasteiger partial charge in [-0.2, -0.15) is 5.10 Å². The highest BCUT2D eigenvalue weighted by atomic mass is 32.2. The Morgan fingerprint density at radius 3 is 3.00 bits per heavy atom. The first-order valence-electron chi connectivity index (χ1n) is 6.21. The van der Waals surface area contributed by atoms with Gasteiger partial charge >= 0.3 is 5.69 Å². The van der Waals surface area contributed by atoms with Gasteiger partial charge in [0.05, 0.1) is 18.9 Å². The second kappa shape index (κ2) is 7.56. The van der Waals surface area contributed by atoms with E-state index in [0.29, 0.717) is 5.16 Å². The first kappa shape index (κ1) is 16.0. The van der Waals surface area contributed by atoms with E-state index in [1.54, 1.807) is 0 Å². The zero-order chi connectivity index (χ0) is 15.9. The third kappa shape index (κ3) is 4.30. The maximum atomic E-state index is 11.9. The van der Waals surface area contributed by atoms with Gasteiger partial charge in [0.1, 0.15) is 12.1 Å².